The van der Waals surface area contributed by atoms with Crippen LogP contribution in [-0.4, -0.2) is 4.98 Å². The van der Waals surface area contributed by atoms with Crippen molar-refractivity contribution in [1.82, 2.24) is 4.98 Å². The van der Waals surface area contributed by atoms with Gasteiger partial charge in [0.1, 0.15) is 5.60 Å². The smallest absolute Gasteiger partial charge is 0.165 e. The van der Waals surface area contributed by atoms with Crippen LogP contribution in [0, 0.1) is 5.82 Å². The molecule has 0 amide bonds. The summed E-state index contributed by atoms with van der Waals surface area (Å²) in [5.74, 6) is -0.189. The maximum atomic E-state index is 13.9. The first-order valence-electron chi connectivity index (χ1n) is 6.11. The molecular formula is C15H17FN2O. The lowest BCUT2D eigenvalue weighted by Crippen LogP contribution is -2.25. The number of benzene rings is 1. The Labute approximate surface area is 112 Å². The Hall–Kier alpha value is -1.94. The van der Waals surface area contributed by atoms with Crippen LogP contribution in [0.2, 0.25) is 0 Å². The third kappa shape index (κ3) is 3.09. The monoisotopic (exact) mass is 260 g/mol. The summed E-state index contributed by atoms with van der Waals surface area (Å²) in [6, 6.07) is 8.50. The molecule has 100 valence electrons. The average molecular weight is 260 g/mol. The second kappa shape index (κ2) is 5.36. The summed E-state index contributed by atoms with van der Waals surface area (Å²) in [5, 5.41) is 0. The van der Waals surface area contributed by atoms with Gasteiger partial charge in [-0.1, -0.05) is 12.1 Å². The first kappa shape index (κ1) is 13.5. The first-order chi connectivity index (χ1) is 9.03. The average Bonchev–Trinajstić information content (AvgIpc) is 2.42. The number of halogens is 1. The molecule has 1 aromatic carbocycles. The van der Waals surface area contributed by atoms with Gasteiger partial charge in [0.15, 0.2) is 11.6 Å². The molecule has 4 heteroatoms. The molecule has 3 nitrogen and oxygen atoms in total. The molecule has 2 aromatic rings. The minimum atomic E-state index is -0.653. The van der Waals surface area contributed by atoms with E-state index in [1.54, 1.807) is 24.5 Å². The van der Waals surface area contributed by atoms with E-state index >= 15 is 0 Å². The fraction of sp³-hybridized carbons (Fsp3) is 0.267. The van der Waals surface area contributed by atoms with E-state index in [1.807, 2.05) is 26.0 Å². The predicted molar refractivity (Wildman–Crippen MR) is 72.2 cm³/mol. The zero-order valence-corrected chi connectivity index (χ0v) is 11.1. The molecule has 1 aromatic heterocycles. The van der Waals surface area contributed by atoms with E-state index in [0.29, 0.717) is 6.54 Å². The second-order valence-electron chi connectivity index (χ2n) is 4.82. The molecule has 0 saturated heterocycles. The molecule has 0 aliphatic carbocycles. The molecular weight excluding hydrogens is 243 g/mol. The van der Waals surface area contributed by atoms with Crippen LogP contribution in [0.1, 0.15) is 25.0 Å². The van der Waals surface area contributed by atoms with Gasteiger partial charge in [0, 0.05) is 24.5 Å². The fourth-order valence-corrected chi connectivity index (χ4v) is 1.81. The zero-order valence-electron chi connectivity index (χ0n) is 11.1. The highest BCUT2D eigenvalue weighted by molar-refractivity contribution is 5.31. The third-order valence-electron chi connectivity index (χ3n) is 2.95. The Morgan fingerprint density at radius 3 is 2.68 bits per heavy atom. The largest absolute Gasteiger partial charge is 0.480 e. The molecule has 0 fully saturated rings. The van der Waals surface area contributed by atoms with E-state index in [0.717, 1.165) is 11.1 Å². The lowest BCUT2D eigenvalue weighted by Gasteiger charge is -2.27. The van der Waals surface area contributed by atoms with Gasteiger partial charge < -0.3 is 10.5 Å². The Kier molecular flexibility index (Phi) is 3.81. The number of nitrogens with two attached hydrogens (primary N) is 1. The minimum Gasteiger partial charge on any atom is -0.480 e. The van der Waals surface area contributed by atoms with Crippen molar-refractivity contribution >= 4 is 0 Å². The van der Waals surface area contributed by atoms with Crippen LogP contribution in [0.4, 0.5) is 4.39 Å². The molecule has 0 aliphatic rings. The van der Waals surface area contributed by atoms with Crippen molar-refractivity contribution < 1.29 is 9.13 Å². The van der Waals surface area contributed by atoms with Gasteiger partial charge in [-0.2, -0.15) is 0 Å². The van der Waals surface area contributed by atoms with Crippen LogP contribution in [-0.2, 0) is 12.1 Å². The van der Waals surface area contributed by atoms with Crippen molar-refractivity contribution in [3.63, 3.8) is 0 Å². The van der Waals surface area contributed by atoms with E-state index in [1.165, 1.54) is 6.07 Å². The molecule has 2 N–H and O–H groups in total. The van der Waals surface area contributed by atoms with Crippen molar-refractivity contribution in [2.45, 2.75) is 26.0 Å². The topological polar surface area (TPSA) is 48.1 Å². The Morgan fingerprint density at radius 2 is 2.11 bits per heavy atom. The SMILES string of the molecule is CC(C)(Oc1ccc(CN)cc1F)c1cccnc1. The molecule has 0 saturated carbocycles. The summed E-state index contributed by atoms with van der Waals surface area (Å²) in [6.45, 7) is 4.06. The van der Waals surface area contributed by atoms with Gasteiger partial charge in [-0.25, -0.2) is 4.39 Å². The Balaban J connectivity index is 2.25. The van der Waals surface area contributed by atoms with Crippen LogP contribution < -0.4 is 10.5 Å². The van der Waals surface area contributed by atoms with Crippen LogP contribution >= 0.6 is 0 Å². The van der Waals surface area contributed by atoms with Crippen molar-refractivity contribution in [2.24, 2.45) is 5.73 Å². The molecule has 0 atom stereocenters. The summed E-state index contributed by atoms with van der Waals surface area (Å²) in [4.78, 5) is 4.05. The quantitative estimate of drug-likeness (QED) is 0.919. The Bertz CT molecular complexity index is 555. The van der Waals surface area contributed by atoms with Gasteiger partial charge in [0.25, 0.3) is 0 Å². The number of rotatable bonds is 4. The zero-order chi connectivity index (χ0) is 13.9. The van der Waals surface area contributed by atoms with Gasteiger partial charge in [0.05, 0.1) is 0 Å². The van der Waals surface area contributed by atoms with Crippen molar-refractivity contribution in [2.75, 3.05) is 0 Å². The number of hydrogen-bond donors (Lipinski definition) is 1. The highest BCUT2D eigenvalue weighted by Crippen LogP contribution is 2.29. The summed E-state index contributed by atoms with van der Waals surface area (Å²) in [6.07, 6.45) is 3.41. The fourth-order valence-electron chi connectivity index (χ4n) is 1.81. The molecule has 1 heterocycles. The lowest BCUT2D eigenvalue weighted by molar-refractivity contribution is 0.102. The minimum absolute atomic E-state index is 0.214. The normalized spacial score (nSPS) is 11.4. The second-order valence-corrected chi connectivity index (χ2v) is 4.82. The van der Waals surface area contributed by atoms with Crippen molar-refractivity contribution in [3.8, 4) is 5.75 Å². The maximum absolute atomic E-state index is 13.9. The summed E-state index contributed by atoms with van der Waals surface area (Å²) in [7, 11) is 0. The molecule has 0 radical (unpaired) electrons. The van der Waals surface area contributed by atoms with Crippen molar-refractivity contribution in [1.29, 1.82) is 0 Å². The van der Waals surface area contributed by atoms with Crippen LogP contribution in [0.15, 0.2) is 42.7 Å². The maximum Gasteiger partial charge on any atom is 0.165 e. The number of nitrogens with zero attached hydrogens (tertiary/aromatic N) is 1. The van der Waals surface area contributed by atoms with Crippen LogP contribution in [0.25, 0.3) is 0 Å². The molecule has 0 spiro atoms. The van der Waals surface area contributed by atoms with E-state index in [9.17, 15) is 4.39 Å². The first-order valence-corrected chi connectivity index (χ1v) is 6.11. The standard InChI is InChI=1S/C15H17FN2O/c1-15(2,12-4-3-7-18-10-12)19-14-6-5-11(9-17)8-13(14)16/h3-8,10H,9,17H2,1-2H3. The summed E-state index contributed by atoms with van der Waals surface area (Å²) in [5.41, 5.74) is 6.44. The van der Waals surface area contributed by atoms with E-state index < -0.39 is 11.4 Å². The third-order valence-corrected chi connectivity index (χ3v) is 2.95. The molecule has 0 bridgehead atoms. The molecule has 2 rings (SSSR count). The number of pyridine rings is 1. The van der Waals surface area contributed by atoms with Gasteiger partial charge in [-0.05, 0) is 37.6 Å². The van der Waals surface area contributed by atoms with Crippen LogP contribution in [0.3, 0.4) is 0 Å². The molecule has 19 heavy (non-hydrogen) atoms. The van der Waals surface area contributed by atoms with E-state index in [-0.39, 0.29) is 5.75 Å². The van der Waals surface area contributed by atoms with Gasteiger partial charge in [0.2, 0.25) is 0 Å². The Morgan fingerprint density at radius 1 is 1.32 bits per heavy atom. The summed E-state index contributed by atoms with van der Waals surface area (Å²) >= 11 is 0. The van der Waals surface area contributed by atoms with E-state index in [4.69, 9.17) is 10.5 Å². The highest BCUT2D eigenvalue weighted by atomic mass is 19.1. The van der Waals surface area contributed by atoms with Crippen molar-refractivity contribution in [3.05, 3.63) is 59.7 Å². The predicted octanol–water partition coefficient (Wildman–Crippen LogP) is 2.99. The highest BCUT2D eigenvalue weighted by Gasteiger charge is 2.24. The summed E-state index contributed by atoms with van der Waals surface area (Å²) < 4.78 is 19.6. The number of ether oxygens (including phenoxy) is 1. The molecule has 0 aliphatic heterocycles. The number of hydrogen-bond acceptors (Lipinski definition) is 3. The lowest BCUT2D eigenvalue weighted by atomic mass is 10.00. The van der Waals surface area contributed by atoms with Gasteiger partial charge >= 0.3 is 0 Å². The molecule has 0 unspecified atom stereocenters. The number of aromatic nitrogens is 1. The van der Waals surface area contributed by atoms with Gasteiger partial charge in [-0.3, -0.25) is 4.98 Å². The van der Waals surface area contributed by atoms with Crippen LogP contribution in [0.5, 0.6) is 5.75 Å². The van der Waals surface area contributed by atoms with Gasteiger partial charge in [-0.15, -0.1) is 0 Å². The van der Waals surface area contributed by atoms with E-state index in [2.05, 4.69) is 4.98 Å².